The first-order chi connectivity index (χ1) is 19.8. The quantitative estimate of drug-likeness (QED) is 0.270. The van der Waals surface area contributed by atoms with E-state index in [0.717, 1.165) is 44.9 Å². The van der Waals surface area contributed by atoms with Crippen LogP contribution in [-0.2, 0) is 5.92 Å². The van der Waals surface area contributed by atoms with Crippen molar-refractivity contribution in [2.45, 2.75) is 96.4 Å². The second-order valence-corrected chi connectivity index (χ2v) is 12.2. The summed E-state index contributed by atoms with van der Waals surface area (Å²) in [7, 11) is 1.60. The lowest BCUT2D eigenvalue weighted by atomic mass is 9.91. The Bertz CT molecular complexity index is 1460. The van der Waals surface area contributed by atoms with E-state index >= 15 is 4.39 Å². The van der Waals surface area contributed by atoms with Crippen molar-refractivity contribution in [3.63, 3.8) is 0 Å². The van der Waals surface area contributed by atoms with Gasteiger partial charge in [0.05, 0.1) is 24.2 Å². The van der Waals surface area contributed by atoms with Gasteiger partial charge in [-0.2, -0.15) is 8.78 Å². The Balaban J connectivity index is 1.47. The normalized spacial score (nSPS) is 19.1. The number of nitrogens with zero attached hydrogens (tertiary/aromatic N) is 3. The van der Waals surface area contributed by atoms with Crippen LogP contribution in [-0.4, -0.2) is 57.9 Å². The van der Waals surface area contributed by atoms with Crippen molar-refractivity contribution in [3.05, 3.63) is 52.6 Å². The van der Waals surface area contributed by atoms with Crippen molar-refractivity contribution in [2.75, 3.05) is 25.6 Å². The largest absolute Gasteiger partial charge is 0.493 e. The van der Waals surface area contributed by atoms with E-state index < -0.39 is 28.9 Å². The lowest BCUT2D eigenvalue weighted by Gasteiger charge is -2.38. The van der Waals surface area contributed by atoms with Crippen LogP contribution < -0.4 is 14.8 Å². The maximum Gasteiger partial charge on any atom is 0.303 e. The summed E-state index contributed by atoms with van der Waals surface area (Å²) in [4.78, 5) is 11.8. The number of aliphatic hydroxyl groups is 1. The Morgan fingerprint density at radius 2 is 1.88 bits per heavy atom. The van der Waals surface area contributed by atoms with Gasteiger partial charge >= 0.3 is 5.92 Å². The van der Waals surface area contributed by atoms with Gasteiger partial charge in [-0.1, -0.05) is 18.6 Å². The molecule has 0 unspecified atom stereocenters. The fraction of sp³-hybridized carbons (Fsp3) is 0.562. The molecule has 1 saturated carbocycles. The molecule has 228 valence electrons. The van der Waals surface area contributed by atoms with Crippen LogP contribution in [0.3, 0.4) is 0 Å². The fourth-order valence-corrected chi connectivity index (χ4v) is 6.12. The summed E-state index contributed by atoms with van der Waals surface area (Å²) in [5, 5.41) is 13.9. The highest BCUT2D eigenvalue weighted by Gasteiger charge is 2.49. The molecule has 3 aromatic rings. The van der Waals surface area contributed by atoms with Gasteiger partial charge in [0.2, 0.25) is 0 Å². The molecule has 7 nitrogen and oxygen atoms in total. The molecule has 1 aliphatic carbocycles. The number of ether oxygens (including phenoxy) is 2. The van der Waals surface area contributed by atoms with Crippen molar-refractivity contribution in [2.24, 2.45) is 0 Å². The summed E-state index contributed by atoms with van der Waals surface area (Å²) in [5.74, 6) is -2.78. The van der Waals surface area contributed by atoms with Crippen LogP contribution in [0.2, 0.25) is 0 Å². The number of anilines is 1. The molecule has 1 aromatic heterocycles. The van der Waals surface area contributed by atoms with Gasteiger partial charge in [-0.05, 0) is 79.0 Å². The maximum absolute atomic E-state index is 15.5. The second kappa shape index (κ2) is 11.5. The molecule has 1 aliphatic heterocycles. The van der Waals surface area contributed by atoms with Crippen LogP contribution in [0.15, 0.2) is 24.3 Å². The van der Waals surface area contributed by atoms with E-state index in [1.807, 2.05) is 13.0 Å². The number of aryl methyl sites for hydroxylation is 2. The number of hydrogen-bond acceptors (Lipinski definition) is 7. The van der Waals surface area contributed by atoms with Crippen molar-refractivity contribution in [3.8, 4) is 11.5 Å². The van der Waals surface area contributed by atoms with E-state index in [0.29, 0.717) is 52.7 Å². The highest BCUT2D eigenvalue weighted by molar-refractivity contribution is 5.94. The molecule has 0 radical (unpaired) electrons. The third-order valence-electron chi connectivity index (χ3n) is 8.81. The maximum atomic E-state index is 15.5. The number of halogens is 3. The predicted octanol–water partition coefficient (Wildman–Crippen LogP) is 6.83. The number of nitrogens with one attached hydrogen (secondary N) is 1. The standard InChI is InChI=1S/C32H41F3N4O3/c1-18-28-24(16-26(29(18)41-6)42-17-22-12-9-15-39(22)21-10-7-11-21)30(38-20(3)37-28)36-19(2)23-13-8-14-25(27(23)33)32(34,35)31(4,5)40/h8,13-14,16,19,21-22,40H,7,9-12,15,17H2,1-6H3,(H,36,37,38)/t19-,22+/m1/s1. The summed E-state index contributed by atoms with van der Waals surface area (Å²) in [5.41, 5.74) is -1.83. The van der Waals surface area contributed by atoms with Crippen LogP contribution in [0.4, 0.5) is 19.0 Å². The SMILES string of the molecule is COc1c(OC[C@@H]2CCCN2C2CCC2)cc2c(N[C@H](C)c3cccc(C(F)(F)C(C)(C)O)c3F)nc(C)nc2c1C. The Hall–Kier alpha value is -3.11. The van der Waals surface area contributed by atoms with Crippen molar-refractivity contribution in [1.29, 1.82) is 0 Å². The van der Waals surface area contributed by atoms with Crippen LogP contribution in [0.5, 0.6) is 11.5 Å². The van der Waals surface area contributed by atoms with E-state index in [1.165, 1.54) is 31.4 Å². The topological polar surface area (TPSA) is 79.7 Å². The van der Waals surface area contributed by atoms with E-state index in [2.05, 4.69) is 20.2 Å². The van der Waals surface area contributed by atoms with Crippen LogP contribution in [0, 0.1) is 19.7 Å². The summed E-state index contributed by atoms with van der Waals surface area (Å²) in [6.45, 7) is 8.91. The third kappa shape index (κ3) is 5.51. The fourth-order valence-electron chi connectivity index (χ4n) is 6.12. The molecular formula is C32H41F3N4O3. The zero-order chi connectivity index (χ0) is 30.4. The second-order valence-electron chi connectivity index (χ2n) is 12.2. The molecule has 1 saturated heterocycles. The molecule has 10 heteroatoms. The number of likely N-dealkylation sites (tertiary alicyclic amines) is 1. The number of fused-ring (bicyclic) bond motifs is 1. The van der Waals surface area contributed by atoms with E-state index in [-0.39, 0.29) is 5.56 Å². The number of hydrogen-bond donors (Lipinski definition) is 2. The smallest absolute Gasteiger partial charge is 0.303 e. The van der Waals surface area contributed by atoms with Crippen molar-refractivity contribution in [1.82, 2.24) is 14.9 Å². The molecule has 2 heterocycles. The summed E-state index contributed by atoms with van der Waals surface area (Å²) in [6.07, 6.45) is 6.04. The van der Waals surface area contributed by atoms with Gasteiger partial charge in [0.1, 0.15) is 29.7 Å². The predicted molar refractivity (Wildman–Crippen MR) is 157 cm³/mol. The average molecular weight is 587 g/mol. The van der Waals surface area contributed by atoms with E-state index in [4.69, 9.17) is 9.47 Å². The molecule has 5 rings (SSSR count). The molecule has 2 aliphatic rings. The zero-order valence-electron chi connectivity index (χ0n) is 25.2. The Morgan fingerprint density at radius 1 is 1.14 bits per heavy atom. The minimum absolute atomic E-state index is 0.0277. The molecule has 0 amide bonds. The molecule has 2 fully saturated rings. The molecule has 2 atom stereocenters. The van der Waals surface area contributed by atoms with Gasteiger partial charge in [-0.15, -0.1) is 0 Å². The van der Waals surface area contributed by atoms with Gasteiger partial charge in [0, 0.05) is 28.6 Å². The lowest BCUT2D eigenvalue weighted by Crippen LogP contribution is -2.45. The molecular weight excluding hydrogens is 545 g/mol. The van der Waals surface area contributed by atoms with Gasteiger partial charge < -0.3 is 19.9 Å². The van der Waals surface area contributed by atoms with Crippen LogP contribution in [0.25, 0.3) is 10.9 Å². The van der Waals surface area contributed by atoms with Gasteiger partial charge in [-0.3, -0.25) is 4.90 Å². The number of methoxy groups -OCH3 is 1. The first kappa shape index (κ1) is 30.4. The number of alkyl halides is 2. The van der Waals surface area contributed by atoms with Crippen LogP contribution >= 0.6 is 0 Å². The van der Waals surface area contributed by atoms with E-state index in [9.17, 15) is 13.9 Å². The third-order valence-corrected chi connectivity index (χ3v) is 8.81. The van der Waals surface area contributed by atoms with Gasteiger partial charge in [0.15, 0.2) is 11.5 Å². The average Bonchev–Trinajstić information content (AvgIpc) is 3.34. The highest BCUT2D eigenvalue weighted by atomic mass is 19.3. The number of aromatic nitrogens is 2. The van der Waals surface area contributed by atoms with Crippen molar-refractivity contribution < 1.29 is 27.8 Å². The number of rotatable bonds is 10. The van der Waals surface area contributed by atoms with Crippen LogP contribution in [0.1, 0.15) is 81.4 Å². The summed E-state index contributed by atoms with van der Waals surface area (Å²) in [6, 6.07) is 5.92. The molecule has 2 aromatic carbocycles. The highest BCUT2D eigenvalue weighted by Crippen LogP contribution is 2.43. The Kier molecular flexibility index (Phi) is 8.33. The van der Waals surface area contributed by atoms with Gasteiger partial charge in [-0.25, -0.2) is 14.4 Å². The van der Waals surface area contributed by atoms with E-state index in [1.54, 1.807) is 21.0 Å². The Labute approximate surface area is 245 Å². The first-order valence-corrected chi connectivity index (χ1v) is 14.7. The monoisotopic (exact) mass is 586 g/mol. The van der Waals surface area contributed by atoms with Crippen molar-refractivity contribution >= 4 is 16.7 Å². The summed E-state index contributed by atoms with van der Waals surface area (Å²) >= 11 is 0. The van der Waals surface area contributed by atoms with Gasteiger partial charge in [0.25, 0.3) is 0 Å². The summed E-state index contributed by atoms with van der Waals surface area (Å²) < 4.78 is 57.6. The zero-order valence-corrected chi connectivity index (χ0v) is 25.2. The number of benzene rings is 2. The molecule has 0 spiro atoms. The minimum atomic E-state index is -3.79. The Morgan fingerprint density at radius 3 is 2.52 bits per heavy atom. The molecule has 42 heavy (non-hydrogen) atoms. The molecule has 2 N–H and O–H groups in total. The minimum Gasteiger partial charge on any atom is -0.493 e. The molecule has 0 bridgehead atoms. The first-order valence-electron chi connectivity index (χ1n) is 14.7. The lowest BCUT2D eigenvalue weighted by molar-refractivity contribution is -0.170.